The summed E-state index contributed by atoms with van der Waals surface area (Å²) in [5.74, 6) is -5.03. The summed E-state index contributed by atoms with van der Waals surface area (Å²) in [6.45, 7) is 0. The van der Waals surface area contributed by atoms with Gasteiger partial charge in [-0.3, -0.25) is 24.4 Å². The molecule has 2 aliphatic heterocycles. The third-order valence-electron chi connectivity index (χ3n) is 6.73. The molecule has 3 heterocycles. The van der Waals surface area contributed by atoms with Crippen molar-refractivity contribution in [2.45, 2.75) is 12.4 Å². The minimum Gasteiger partial charge on any atom is -0.506 e. The van der Waals surface area contributed by atoms with E-state index < -0.39 is 47.6 Å². The largest absolute Gasteiger partial charge is 0.573 e. The van der Waals surface area contributed by atoms with Gasteiger partial charge in [-0.25, -0.2) is 4.90 Å². The highest BCUT2D eigenvalue weighted by atomic mass is 19.4. The Kier molecular flexibility index (Phi) is 5.20. The van der Waals surface area contributed by atoms with Crippen LogP contribution in [0.15, 0.2) is 83.5 Å². The van der Waals surface area contributed by atoms with Crippen LogP contribution in [-0.4, -0.2) is 39.8 Å². The first-order valence-electron chi connectivity index (χ1n) is 11.5. The van der Waals surface area contributed by atoms with Gasteiger partial charge < -0.3 is 9.84 Å². The van der Waals surface area contributed by atoms with Gasteiger partial charge in [-0.05, 0) is 36.4 Å². The Morgan fingerprint density at radius 2 is 1.55 bits per heavy atom. The Hall–Kier alpha value is -4.80. The van der Waals surface area contributed by atoms with E-state index in [2.05, 4.69) is 14.7 Å². The number of anilines is 1. The van der Waals surface area contributed by atoms with Crippen LogP contribution in [-0.2, 0) is 9.59 Å². The van der Waals surface area contributed by atoms with Crippen molar-refractivity contribution in [3.05, 3.63) is 95.3 Å². The maximum absolute atomic E-state index is 13.7. The van der Waals surface area contributed by atoms with Gasteiger partial charge in [-0.2, -0.15) is 0 Å². The number of pyridine rings is 1. The van der Waals surface area contributed by atoms with Gasteiger partial charge in [0.15, 0.2) is 5.78 Å². The van der Waals surface area contributed by atoms with E-state index in [1.54, 1.807) is 42.5 Å². The molecule has 0 spiro atoms. The molecule has 190 valence electrons. The number of benzene rings is 2. The molecular formula is C27H16F3N3O5. The number of Topliss-reactive ketones (excluding diaryl/α,β-unsaturated/α-hetero) is 1. The lowest BCUT2D eigenvalue weighted by atomic mass is 9.84. The first kappa shape index (κ1) is 23.6. The van der Waals surface area contributed by atoms with E-state index in [9.17, 15) is 32.7 Å². The summed E-state index contributed by atoms with van der Waals surface area (Å²) >= 11 is 0. The van der Waals surface area contributed by atoms with Crippen molar-refractivity contribution < 1.29 is 37.4 Å². The molecule has 3 atom stereocenters. The standard InChI is InChI=1S/C27H16F3N3O5/c28-27(29,30)38-14-10-8-13(9-11-14)33-25(36)18-19(26(33)37)22(32-21(18)17-7-3-4-12-31-17)20-23(34)15-5-1-2-6-16(15)24(20)35/h1-12,18-19,21,34H/t18-,19+,21+/m0/s1. The molecular weight excluding hydrogens is 503 g/mol. The predicted octanol–water partition coefficient (Wildman–Crippen LogP) is 4.45. The van der Waals surface area contributed by atoms with Crippen molar-refractivity contribution in [3.8, 4) is 5.75 Å². The molecule has 8 nitrogen and oxygen atoms in total. The fourth-order valence-electron chi connectivity index (χ4n) is 5.18. The molecule has 2 aromatic carbocycles. The number of hydrogen-bond donors (Lipinski definition) is 1. The number of rotatable bonds is 4. The number of hydrogen-bond acceptors (Lipinski definition) is 7. The molecule has 0 unspecified atom stereocenters. The van der Waals surface area contributed by atoms with Crippen LogP contribution >= 0.6 is 0 Å². The van der Waals surface area contributed by atoms with Crippen LogP contribution in [0.2, 0.25) is 0 Å². The molecule has 0 radical (unpaired) electrons. The molecule has 6 rings (SSSR count). The van der Waals surface area contributed by atoms with Gasteiger partial charge >= 0.3 is 6.36 Å². The highest BCUT2D eigenvalue weighted by Gasteiger charge is 2.59. The van der Waals surface area contributed by atoms with E-state index >= 15 is 0 Å². The Labute approximate surface area is 212 Å². The molecule has 3 aliphatic rings. The van der Waals surface area contributed by atoms with Gasteiger partial charge in [0.05, 0.1) is 34.5 Å². The summed E-state index contributed by atoms with van der Waals surface area (Å²) < 4.78 is 41.6. The Bertz CT molecular complexity index is 1560. The minimum atomic E-state index is -4.90. The summed E-state index contributed by atoms with van der Waals surface area (Å²) in [6.07, 6.45) is -3.40. The number of aliphatic imine (C=N–C) groups is 1. The van der Waals surface area contributed by atoms with E-state index in [0.29, 0.717) is 11.3 Å². The lowest BCUT2D eigenvalue weighted by Gasteiger charge is -2.18. The van der Waals surface area contributed by atoms with E-state index in [0.717, 1.165) is 29.2 Å². The number of halogens is 3. The van der Waals surface area contributed by atoms with Crippen molar-refractivity contribution >= 4 is 34.8 Å². The van der Waals surface area contributed by atoms with Crippen LogP contribution in [0, 0.1) is 11.8 Å². The molecule has 3 aromatic rings. The van der Waals surface area contributed by atoms with E-state index in [1.165, 1.54) is 6.20 Å². The van der Waals surface area contributed by atoms with Crippen LogP contribution in [0.5, 0.6) is 5.75 Å². The van der Waals surface area contributed by atoms with Gasteiger partial charge in [-0.15, -0.1) is 13.2 Å². The van der Waals surface area contributed by atoms with Gasteiger partial charge in [0.25, 0.3) is 0 Å². The lowest BCUT2D eigenvalue weighted by Crippen LogP contribution is -2.33. The van der Waals surface area contributed by atoms with Crippen LogP contribution in [0.1, 0.15) is 27.7 Å². The number of ketones is 1. The molecule has 1 aromatic heterocycles. The number of alkyl halides is 3. The average Bonchev–Trinajstić information content (AvgIpc) is 3.49. The number of carbonyl (C=O) groups excluding carboxylic acids is 3. The number of aromatic nitrogens is 1. The SMILES string of the molecule is O=C1C(C2=N[C@H](c3ccccn3)[C@H]3C(=O)N(c4ccc(OC(F)(F)F)cc4)C(=O)[C@@H]23)=C(O)c2ccccc21. The zero-order chi connectivity index (χ0) is 26.8. The molecule has 2 amide bonds. The summed E-state index contributed by atoms with van der Waals surface area (Å²) in [4.78, 5) is 50.4. The van der Waals surface area contributed by atoms with Gasteiger partial charge in [0.2, 0.25) is 11.8 Å². The third-order valence-corrected chi connectivity index (χ3v) is 6.73. The van der Waals surface area contributed by atoms with E-state index in [-0.39, 0.29) is 28.3 Å². The number of imide groups is 1. The predicted molar refractivity (Wildman–Crippen MR) is 127 cm³/mol. The number of fused-ring (bicyclic) bond motifs is 2. The van der Waals surface area contributed by atoms with E-state index in [4.69, 9.17) is 0 Å². The maximum Gasteiger partial charge on any atom is 0.573 e. The van der Waals surface area contributed by atoms with Crippen molar-refractivity contribution in [3.63, 3.8) is 0 Å². The van der Waals surface area contributed by atoms with Crippen molar-refractivity contribution in [2.75, 3.05) is 4.90 Å². The number of amides is 2. The topological polar surface area (TPSA) is 109 Å². The minimum absolute atomic E-state index is 0.0257. The van der Waals surface area contributed by atoms with Crippen molar-refractivity contribution in [2.24, 2.45) is 16.8 Å². The highest BCUT2D eigenvalue weighted by Crippen LogP contribution is 2.49. The molecule has 38 heavy (non-hydrogen) atoms. The second-order valence-corrected chi connectivity index (χ2v) is 8.87. The highest BCUT2D eigenvalue weighted by molar-refractivity contribution is 6.42. The second-order valence-electron chi connectivity index (χ2n) is 8.87. The quantitative estimate of drug-likeness (QED) is 0.511. The molecule has 1 fully saturated rings. The lowest BCUT2D eigenvalue weighted by molar-refractivity contribution is -0.274. The zero-order valence-electron chi connectivity index (χ0n) is 19.2. The van der Waals surface area contributed by atoms with Crippen molar-refractivity contribution in [1.29, 1.82) is 0 Å². The third kappa shape index (κ3) is 3.58. The zero-order valence-corrected chi connectivity index (χ0v) is 19.2. The fourth-order valence-corrected chi connectivity index (χ4v) is 5.18. The van der Waals surface area contributed by atoms with Gasteiger partial charge in [0.1, 0.15) is 17.6 Å². The number of carbonyl (C=O) groups is 3. The second kappa shape index (κ2) is 8.37. The fraction of sp³-hybridized carbons (Fsp3) is 0.148. The Morgan fingerprint density at radius 3 is 2.18 bits per heavy atom. The monoisotopic (exact) mass is 519 g/mol. The number of aliphatic hydroxyl groups is 1. The van der Waals surface area contributed by atoms with Gasteiger partial charge in [0, 0.05) is 17.3 Å². The smallest absolute Gasteiger partial charge is 0.506 e. The van der Waals surface area contributed by atoms with E-state index in [1.807, 2.05) is 0 Å². The summed E-state index contributed by atoms with van der Waals surface area (Å²) in [7, 11) is 0. The first-order valence-corrected chi connectivity index (χ1v) is 11.5. The average molecular weight is 519 g/mol. The maximum atomic E-state index is 13.7. The number of aliphatic hydroxyl groups excluding tert-OH is 1. The first-order chi connectivity index (χ1) is 18.2. The van der Waals surface area contributed by atoms with Crippen LogP contribution < -0.4 is 9.64 Å². The summed E-state index contributed by atoms with van der Waals surface area (Å²) in [5.41, 5.74) is 0.773. The molecule has 1 N–H and O–H groups in total. The van der Waals surface area contributed by atoms with Crippen LogP contribution in [0.4, 0.5) is 18.9 Å². The van der Waals surface area contributed by atoms with Gasteiger partial charge in [-0.1, -0.05) is 30.3 Å². The summed E-state index contributed by atoms with van der Waals surface area (Å²) in [5, 5.41) is 11.0. The molecule has 1 saturated heterocycles. The molecule has 1 aliphatic carbocycles. The molecule has 11 heteroatoms. The van der Waals surface area contributed by atoms with Crippen molar-refractivity contribution in [1.82, 2.24) is 4.98 Å². The van der Waals surface area contributed by atoms with Crippen LogP contribution in [0.3, 0.4) is 0 Å². The van der Waals surface area contributed by atoms with Crippen LogP contribution in [0.25, 0.3) is 5.76 Å². The number of nitrogens with zero attached hydrogens (tertiary/aromatic N) is 3. The Morgan fingerprint density at radius 1 is 0.868 bits per heavy atom. The normalized spacial score (nSPS) is 22.6. The summed E-state index contributed by atoms with van der Waals surface area (Å²) in [6, 6.07) is 14.8. The Balaban J connectivity index is 1.43. The molecule has 0 bridgehead atoms. The number of ether oxygens (including phenoxy) is 1. The number of allylic oxidation sites excluding steroid dienone is 1. The molecule has 0 saturated carbocycles.